The van der Waals surface area contributed by atoms with Crippen LogP contribution in [-0.4, -0.2) is 74.8 Å². The van der Waals surface area contributed by atoms with Crippen LogP contribution in [0.3, 0.4) is 0 Å². The van der Waals surface area contributed by atoms with Gasteiger partial charge in [-0.05, 0) is 32.9 Å². The molecule has 2 aromatic carbocycles. The van der Waals surface area contributed by atoms with Gasteiger partial charge in [0.1, 0.15) is 16.3 Å². The van der Waals surface area contributed by atoms with Crippen LogP contribution in [0.25, 0.3) is 11.4 Å². The van der Waals surface area contributed by atoms with Gasteiger partial charge in [-0.2, -0.15) is 0 Å². The second kappa shape index (κ2) is 11.6. The first kappa shape index (κ1) is 27.6. The lowest BCUT2D eigenvalue weighted by Gasteiger charge is -2.40. The third-order valence-electron chi connectivity index (χ3n) is 6.37. The molecule has 0 radical (unpaired) electrons. The highest BCUT2D eigenvalue weighted by molar-refractivity contribution is 6.32. The van der Waals surface area contributed by atoms with Crippen molar-refractivity contribution in [3.05, 3.63) is 86.2 Å². The van der Waals surface area contributed by atoms with Crippen molar-refractivity contribution in [2.75, 3.05) is 26.2 Å². The average Bonchev–Trinajstić information content (AvgIpc) is 2.92. The quantitative estimate of drug-likeness (QED) is 0.253. The van der Waals surface area contributed by atoms with E-state index in [0.717, 1.165) is 6.07 Å². The Bertz CT molecular complexity index is 1450. The number of carbonyl (C=O) groups excluding carboxylic acids is 3. The first-order chi connectivity index (χ1) is 18.6. The van der Waals surface area contributed by atoms with Crippen LogP contribution in [-0.2, 0) is 4.74 Å². The third-order valence-corrected chi connectivity index (χ3v) is 6.69. The van der Waals surface area contributed by atoms with Crippen molar-refractivity contribution in [3.8, 4) is 11.4 Å². The largest absolute Gasteiger partial charge is 0.462 e. The summed E-state index contributed by atoms with van der Waals surface area (Å²) in [5, 5.41) is 11.2. The number of ether oxygens (including phenoxy) is 1. The van der Waals surface area contributed by atoms with E-state index in [9.17, 15) is 24.5 Å². The van der Waals surface area contributed by atoms with Crippen molar-refractivity contribution in [1.29, 1.82) is 0 Å². The van der Waals surface area contributed by atoms with E-state index in [-0.39, 0.29) is 53.8 Å². The number of nitrogens with zero attached hydrogens (tertiary/aromatic N) is 5. The van der Waals surface area contributed by atoms with E-state index in [1.807, 2.05) is 18.2 Å². The number of benzene rings is 2. The Morgan fingerprint density at radius 2 is 1.82 bits per heavy atom. The summed E-state index contributed by atoms with van der Waals surface area (Å²) in [5.41, 5.74) is 0.703. The monoisotopic (exact) mass is 551 g/mol. The van der Waals surface area contributed by atoms with E-state index in [2.05, 4.69) is 9.97 Å². The summed E-state index contributed by atoms with van der Waals surface area (Å²) in [5.74, 6) is -1.28. The Morgan fingerprint density at radius 3 is 2.46 bits per heavy atom. The standard InChI is InChI=1S/C27H26ClN5O6/c1-4-39-27(36)22-17(3)29-24(18-8-6-5-7-9-18)30-23(22)26(35)31-12-13-32(16(2)15-31)25(34)19-10-11-20(28)21(14-19)33(37)38/h5-11,14,16H,4,12-13,15H2,1-3H3. The number of piperazine rings is 1. The number of aromatic nitrogens is 2. The van der Waals surface area contributed by atoms with Crippen molar-refractivity contribution < 1.29 is 24.0 Å². The molecule has 1 saturated heterocycles. The number of amides is 2. The Hall–Kier alpha value is -4.38. The molecular weight excluding hydrogens is 526 g/mol. The van der Waals surface area contributed by atoms with E-state index in [1.54, 1.807) is 37.8 Å². The number of hydrogen-bond donors (Lipinski definition) is 0. The SMILES string of the molecule is CCOC(=O)c1c(C)nc(-c2ccccc2)nc1C(=O)N1CCN(C(=O)c2ccc(Cl)c([N+](=O)[O-])c2)C(C)C1. The summed E-state index contributed by atoms with van der Waals surface area (Å²) in [7, 11) is 0. The fraction of sp³-hybridized carbons (Fsp3) is 0.296. The van der Waals surface area contributed by atoms with Gasteiger partial charge >= 0.3 is 5.97 Å². The fourth-order valence-electron chi connectivity index (χ4n) is 4.44. The molecule has 1 aliphatic heterocycles. The maximum Gasteiger partial charge on any atom is 0.342 e. The summed E-state index contributed by atoms with van der Waals surface area (Å²) in [6.07, 6.45) is 0. The Labute approximate surface area is 229 Å². The summed E-state index contributed by atoms with van der Waals surface area (Å²) < 4.78 is 5.19. The topological polar surface area (TPSA) is 136 Å². The molecule has 12 heteroatoms. The summed E-state index contributed by atoms with van der Waals surface area (Å²) in [6.45, 7) is 5.68. The molecule has 1 aromatic heterocycles. The molecule has 2 heterocycles. The lowest BCUT2D eigenvalue weighted by atomic mass is 10.1. The fourth-order valence-corrected chi connectivity index (χ4v) is 4.62. The predicted molar refractivity (Wildman–Crippen MR) is 143 cm³/mol. The zero-order chi connectivity index (χ0) is 28.3. The van der Waals surface area contributed by atoms with Crippen molar-refractivity contribution >= 4 is 35.1 Å². The van der Waals surface area contributed by atoms with Crippen LogP contribution >= 0.6 is 11.6 Å². The van der Waals surface area contributed by atoms with E-state index < -0.39 is 28.7 Å². The first-order valence-corrected chi connectivity index (χ1v) is 12.7. The molecule has 39 heavy (non-hydrogen) atoms. The molecular formula is C27H26ClN5O6. The minimum Gasteiger partial charge on any atom is -0.462 e. The van der Waals surface area contributed by atoms with E-state index in [0.29, 0.717) is 17.1 Å². The summed E-state index contributed by atoms with van der Waals surface area (Å²) in [4.78, 5) is 62.3. The highest BCUT2D eigenvalue weighted by Crippen LogP contribution is 2.27. The zero-order valence-electron chi connectivity index (χ0n) is 21.6. The smallest absolute Gasteiger partial charge is 0.342 e. The molecule has 11 nitrogen and oxygen atoms in total. The van der Waals surface area contributed by atoms with Gasteiger partial charge in [-0.3, -0.25) is 19.7 Å². The highest BCUT2D eigenvalue weighted by atomic mass is 35.5. The number of halogens is 1. The number of hydrogen-bond acceptors (Lipinski definition) is 8. The third kappa shape index (κ3) is 5.73. The second-order valence-electron chi connectivity index (χ2n) is 8.96. The maximum atomic E-state index is 13.7. The van der Waals surface area contributed by atoms with Crippen LogP contribution in [0, 0.1) is 17.0 Å². The number of carbonyl (C=O) groups is 3. The van der Waals surface area contributed by atoms with E-state index in [4.69, 9.17) is 16.3 Å². The molecule has 1 unspecified atom stereocenters. The summed E-state index contributed by atoms with van der Waals surface area (Å²) >= 11 is 5.88. The van der Waals surface area contributed by atoms with Gasteiger partial charge in [-0.25, -0.2) is 14.8 Å². The van der Waals surface area contributed by atoms with Crippen molar-refractivity contribution in [1.82, 2.24) is 19.8 Å². The van der Waals surface area contributed by atoms with Gasteiger partial charge in [0.2, 0.25) is 0 Å². The molecule has 1 fully saturated rings. The maximum absolute atomic E-state index is 13.7. The molecule has 0 aliphatic carbocycles. The molecule has 0 saturated carbocycles. The molecule has 1 aliphatic rings. The van der Waals surface area contributed by atoms with Crippen LogP contribution in [0.1, 0.15) is 50.7 Å². The molecule has 1 atom stereocenters. The van der Waals surface area contributed by atoms with Gasteiger partial charge in [-0.15, -0.1) is 0 Å². The molecule has 4 rings (SSSR count). The lowest BCUT2D eigenvalue weighted by Crippen LogP contribution is -2.55. The van der Waals surface area contributed by atoms with Crippen LogP contribution < -0.4 is 0 Å². The minimum atomic E-state index is -0.691. The number of nitro benzene ring substituents is 1. The van der Waals surface area contributed by atoms with Gasteiger partial charge in [0.25, 0.3) is 17.5 Å². The van der Waals surface area contributed by atoms with Gasteiger partial charge in [0.15, 0.2) is 5.82 Å². The molecule has 202 valence electrons. The van der Waals surface area contributed by atoms with Crippen molar-refractivity contribution in [2.24, 2.45) is 0 Å². The van der Waals surface area contributed by atoms with E-state index >= 15 is 0 Å². The molecule has 0 N–H and O–H groups in total. The number of rotatable bonds is 6. The zero-order valence-corrected chi connectivity index (χ0v) is 22.3. The predicted octanol–water partition coefficient (Wildman–Crippen LogP) is 4.18. The Balaban J connectivity index is 1.61. The molecule has 2 amide bonds. The number of nitro groups is 1. The lowest BCUT2D eigenvalue weighted by molar-refractivity contribution is -0.384. The van der Waals surface area contributed by atoms with Crippen molar-refractivity contribution in [2.45, 2.75) is 26.8 Å². The van der Waals surface area contributed by atoms with Crippen LogP contribution in [0.5, 0.6) is 0 Å². The number of esters is 1. The van der Waals surface area contributed by atoms with Gasteiger partial charge in [0.05, 0.1) is 17.2 Å². The van der Waals surface area contributed by atoms with Gasteiger partial charge in [0, 0.05) is 42.9 Å². The summed E-state index contributed by atoms with van der Waals surface area (Å²) in [6, 6.07) is 12.6. The second-order valence-corrected chi connectivity index (χ2v) is 9.37. The Kier molecular flexibility index (Phi) is 8.20. The van der Waals surface area contributed by atoms with Crippen molar-refractivity contribution in [3.63, 3.8) is 0 Å². The normalized spacial score (nSPS) is 15.1. The molecule has 0 spiro atoms. The van der Waals surface area contributed by atoms with Crippen LogP contribution in [0.2, 0.25) is 5.02 Å². The highest BCUT2D eigenvalue weighted by Gasteiger charge is 2.34. The van der Waals surface area contributed by atoms with Crippen LogP contribution in [0.15, 0.2) is 48.5 Å². The number of aryl methyl sites for hydroxylation is 1. The van der Waals surface area contributed by atoms with Crippen LogP contribution in [0.4, 0.5) is 5.69 Å². The van der Waals surface area contributed by atoms with E-state index in [1.165, 1.54) is 17.0 Å². The molecule has 0 bridgehead atoms. The average molecular weight is 552 g/mol. The van der Waals surface area contributed by atoms with Gasteiger partial charge < -0.3 is 14.5 Å². The van der Waals surface area contributed by atoms with Gasteiger partial charge in [-0.1, -0.05) is 41.9 Å². The minimum absolute atomic E-state index is 0.00108. The Morgan fingerprint density at radius 1 is 1.10 bits per heavy atom. The first-order valence-electron chi connectivity index (χ1n) is 12.3. The molecule has 3 aromatic rings.